The zero-order chi connectivity index (χ0) is 19.6. The first kappa shape index (κ1) is 18.7. The van der Waals surface area contributed by atoms with Crippen LogP contribution in [-0.4, -0.2) is 23.0 Å². The van der Waals surface area contributed by atoms with Gasteiger partial charge in [-0.2, -0.15) is 0 Å². The molecule has 0 radical (unpaired) electrons. The fourth-order valence-electron chi connectivity index (χ4n) is 2.41. The molecule has 0 saturated carbocycles. The smallest absolute Gasteiger partial charge is 0.339 e. The molecule has 1 aromatic heterocycles. The number of nitrogens with one attached hydrogen (secondary N) is 1. The van der Waals surface area contributed by atoms with Gasteiger partial charge in [0.25, 0.3) is 5.91 Å². The number of para-hydroxylation sites is 1. The normalized spacial score (nSPS) is 11.9. The molecule has 0 bridgehead atoms. The summed E-state index contributed by atoms with van der Waals surface area (Å²) in [7, 11) is 0. The first-order valence-corrected chi connectivity index (χ1v) is 8.25. The molecule has 1 atom stereocenters. The predicted molar refractivity (Wildman–Crippen MR) is 96.6 cm³/mol. The molecule has 2 aromatic carbocycles. The Morgan fingerprint density at radius 2 is 1.89 bits per heavy atom. The van der Waals surface area contributed by atoms with E-state index >= 15 is 0 Å². The highest BCUT2D eigenvalue weighted by molar-refractivity contribution is 6.30. The summed E-state index contributed by atoms with van der Waals surface area (Å²) in [4.78, 5) is 28.7. The number of pyridine rings is 1. The molecule has 1 heterocycles. The van der Waals surface area contributed by atoms with Gasteiger partial charge < -0.3 is 10.1 Å². The van der Waals surface area contributed by atoms with Gasteiger partial charge in [0.2, 0.25) is 0 Å². The maximum atomic E-state index is 13.6. The second-order valence-corrected chi connectivity index (χ2v) is 6.06. The van der Waals surface area contributed by atoms with Crippen molar-refractivity contribution in [2.75, 3.05) is 5.32 Å². The van der Waals surface area contributed by atoms with Crippen LogP contribution in [0.15, 0.2) is 48.5 Å². The third kappa shape index (κ3) is 4.20. The monoisotopic (exact) mass is 390 g/mol. The average molecular weight is 391 g/mol. The first-order chi connectivity index (χ1) is 12.8. The van der Waals surface area contributed by atoms with Crippen molar-refractivity contribution in [3.05, 3.63) is 70.9 Å². The third-order valence-corrected chi connectivity index (χ3v) is 3.94. The molecule has 1 N–H and O–H groups in total. The summed E-state index contributed by atoms with van der Waals surface area (Å²) in [6, 6.07) is 10.9. The van der Waals surface area contributed by atoms with Crippen LogP contribution in [0.2, 0.25) is 5.15 Å². The summed E-state index contributed by atoms with van der Waals surface area (Å²) in [6.45, 7) is 1.33. The van der Waals surface area contributed by atoms with E-state index in [1.54, 1.807) is 24.3 Å². The first-order valence-electron chi connectivity index (χ1n) is 7.87. The van der Waals surface area contributed by atoms with Crippen LogP contribution >= 0.6 is 11.6 Å². The molecule has 8 heteroatoms. The van der Waals surface area contributed by atoms with Gasteiger partial charge >= 0.3 is 5.97 Å². The summed E-state index contributed by atoms with van der Waals surface area (Å²) >= 11 is 5.93. The number of aromatic nitrogens is 1. The molecule has 0 saturated heterocycles. The maximum Gasteiger partial charge on any atom is 0.339 e. The van der Waals surface area contributed by atoms with Gasteiger partial charge in [0.15, 0.2) is 6.10 Å². The largest absolute Gasteiger partial charge is 0.449 e. The maximum absolute atomic E-state index is 13.6. The zero-order valence-corrected chi connectivity index (χ0v) is 14.8. The quantitative estimate of drug-likeness (QED) is 0.531. The summed E-state index contributed by atoms with van der Waals surface area (Å²) in [5, 5.41) is 2.87. The standard InChI is InChI=1S/C19H13ClF2N2O3/c1-10(18(25)24-16-7-6-11(21)8-14(16)22)27-19(26)13-9-17(20)23-15-5-3-2-4-12(13)15/h2-10H,1H3,(H,24,25)/t10-/m0/s1. The molecule has 5 nitrogen and oxygen atoms in total. The Morgan fingerprint density at radius 1 is 1.15 bits per heavy atom. The van der Waals surface area contributed by atoms with Crippen molar-refractivity contribution in [2.24, 2.45) is 0 Å². The lowest BCUT2D eigenvalue weighted by atomic mass is 10.1. The highest BCUT2D eigenvalue weighted by Crippen LogP contribution is 2.22. The molecule has 0 unspecified atom stereocenters. The number of hydrogen-bond donors (Lipinski definition) is 1. The Bertz CT molecular complexity index is 1040. The van der Waals surface area contributed by atoms with Gasteiger partial charge in [-0.15, -0.1) is 0 Å². The molecule has 3 rings (SSSR count). The fraction of sp³-hybridized carbons (Fsp3) is 0.105. The van der Waals surface area contributed by atoms with Gasteiger partial charge in [-0.25, -0.2) is 18.6 Å². The van der Waals surface area contributed by atoms with Crippen molar-refractivity contribution in [2.45, 2.75) is 13.0 Å². The Labute approximate surface area is 157 Å². The van der Waals surface area contributed by atoms with E-state index in [4.69, 9.17) is 16.3 Å². The molecular formula is C19H13ClF2N2O3. The number of ether oxygens (including phenoxy) is 1. The minimum atomic E-state index is -1.23. The summed E-state index contributed by atoms with van der Waals surface area (Å²) < 4.78 is 31.7. The molecule has 0 aliphatic rings. The lowest BCUT2D eigenvalue weighted by molar-refractivity contribution is -0.123. The highest BCUT2D eigenvalue weighted by Gasteiger charge is 2.22. The van der Waals surface area contributed by atoms with Crippen LogP contribution in [-0.2, 0) is 9.53 Å². The van der Waals surface area contributed by atoms with Gasteiger partial charge in [-0.3, -0.25) is 4.79 Å². The van der Waals surface area contributed by atoms with Crippen molar-refractivity contribution in [1.82, 2.24) is 4.98 Å². The van der Waals surface area contributed by atoms with Crippen LogP contribution in [0.5, 0.6) is 0 Å². The van der Waals surface area contributed by atoms with Crippen LogP contribution in [0.25, 0.3) is 10.9 Å². The number of carbonyl (C=O) groups excluding carboxylic acids is 2. The average Bonchev–Trinajstić information content (AvgIpc) is 2.63. The van der Waals surface area contributed by atoms with E-state index in [2.05, 4.69) is 10.3 Å². The molecule has 0 fully saturated rings. The number of anilines is 1. The Kier molecular flexibility index (Phi) is 5.32. The number of fused-ring (bicyclic) bond motifs is 1. The number of hydrogen-bond acceptors (Lipinski definition) is 4. The molecule has 0 aliphatic heterocycles. The third-order valence-electron chi connectivity index (χ3n) is 3.75. The van der Waals surface area contributed by atoms with E-state index in [1.807, 2.05) is 0 Å². The molecule has 3 aromatic rings. The van der Waals surface area contributed by atoms with E-state index in [1.165, 1.54) is 13.0 Å². The molecule has 0 aliphatic carbocycles. The van der Waals surface area contributed by atoms with Gasteiger partial charge in [-0.1, -0.05) is 29.8 Å². The van der Waals surface area contributed by atoms with E-state index in [-0.39, 0.29) is 16.4 Å². The molecule has 138 valence electrons. The van der Waals surface area contributed by atoms with Gasteiger partial charge in [-0.05, 0) is 31.2 Å². The van der Waals surface area contributed by atoms with Crippen molar-refractivity contribution in [3.8, 4) is 0 Å². The Hall–Kier alpha value is -3.06. The van der Waals surface area contributed by atoms with Gasteiger partial charge in [0.1, 0.15) is 16.8 Å². The number of carbonyl (C=O) groups is 2. The summed E-state index contributed by atoms with van der Waals surface area (Å²) in [5.41, 5.74) is 0.433. The molecular weight excluding hydrogens is 378 g/mol. The van der Waals surface area contributed by atoms with Crippen molar-refractivity contribution < 1.29 is 23.1 Å². The van der Waals surface area contributed by atoms with E-state index < -0.39 is 29.6 Å². The van der Waals surface area contributed by atoms with Crippen LogP contribution in [0.4, 0.5) is 14.5 Å². The molecule has 1 amide bonds. The van der Waals surface area contributed by atoms with Crippen LogP contribution < -0.4 is 5.32 Å². The van der Waals surface area contributed by atoms with Crippen LogP contribution in [0.1, 0.15) is 17.3 Å². The SMILES string of the molecule is C[C@H](OC(=O)c1cc(Cl)nc2ccccc12)C(=O)Nc1ccc(F)cc1F. The fourth-order valence-corrected chi connectivity index (χ4v) is 2.61. The van der Waals surface area contributed by atoms with Crippen molar-refractivity contribution in [3.63, 3.8) is 0 Å². The Morgan fingerprint density at radius 3 is 2.63 bits per heavy atom. The van der Waals surface area contributed by atoms with E-state index in [9.17, 15) is 18.4 Å². The van der Waals surface area contributed by atoms with Gasteiger partial charge in [0, 0.05) is 11.5 Å². The van der Waals surface area contributed by atoms with E-state index in [0.29, 0.717) is 17.0 Å². The predicted octanol–water partition coefficient (Wildman–Crippen LogP) is 4.35. The van der Waals surface area contributed by atoms with Crippen LogP contribution in [0.3, 0.4) is 0 Å². The molecule has 27 heavy (non-hydrogen) atoms. The number of esters is 1. The summed E-state index contributed by atoms with van der Waals surface area (Å²) in [5.74, 6) is -3.25. The number of halogens is 3. The van der Waals surface area contributed by atoms with Crippen molar-refractivity contribution >= 4 is 40.1 Å². The van der Waals surface area contributed by atoms with Crippen molar-refractivity contribution in [1.29, 1.82) is 0 Å². The Balaban J connectivity index is 1.77. The second-order valence-electron chi connectivity index (χ2n) is 5.67. The van der Waals surface area contributed by atoms with E-state index in [0.717, 1.165) is 12.1 Å². The van der Waals surface area contributed by atoms with Gasteiger partial charge in [0.05, 0.1) is 16.8 Å². The number of rotatable bonds is 4. The minimum Gasteiger partial charge on any atom is -0.449 e. The lowest BCUT2D eigenvalue weighted by Crippen LogP contribution is -2.30. The lowest BCUT2D eigenvalue weighted by Gasteiger charge is -2.15. The summed E-state index contributed by atoms with van der Waals surface area (Å²) in [6.07, 6.45) is -1.23. The molecule has 0 spiro atoms. The minimum absolute atomic E-state index is 0.103. The number of nitrogens with zero attached hydrogens (tertiary/aromatic N) is 1. The highest BCUT2D eigenvalue weighted by atomic mass is 35.5. The van der Waals surface area contributed by atoms with Crippen LogP contribution in [0, 0.1) is 11.6 Å². The number of benzene rings is 2. The topological polar surface area (TPSA) is 68.3 Å². The zero-order valence-electron chi connectivity index (χ0n) is 14.0. The number of amides is 1. The second kappa shape index (κ2) is 7.67.